The topological polar surface area (TPSA) is 104 Å². The summed E-state index contributed by atoms with van der Waals surface area (Å²) in [4.78, 5) is 27.8. The van der Waals surface area contributed by atoms with Crippen LogP contribution in [-0.2, 0) is 14.8 Å². The van der Waals surface area contributed by atoms with Crippen LogP contribution in [0.2, 0.25) is 0 Å². The van der Waals surface area contributed by atoms with Gasteiger partial charge in [-0.2, -0.15) is 4.31 Å². The summed E-state index contributed by atoms with van der Waals surface area (Å²) in [6.07, 6.45) is 2.46. The van der Waals surface area contributed by atoms with Crippen molar-refractivity contribution in [3.8, 4) is 0 Å². The number of carbonyl (C=O) groups is 2. The van der Waals surface area contributed by atoms with Gasteiger partial charge in [-0.25, -0.2) is 8.42 Å². The van der Waals surface area contributed by atoms with Gasteiger partial charge in [0.25, 0.3) is 0 Å². The summed E-state index contributed by atoms with van der Waals surface area (Å²) in [5.41, 5.74) is 6.69. The van der Waals surface area contributed by atoms with Crippen molar-refractivity contribution in [3.63, 3.8) is 0 Å². The lowest BCUT2D eigenvalue weighted by molar-refractivity contribution is -0.134. The Morgan fingerprint density at radius 3 is 2.19 bits per heavy atom. The minimum atomic E-state index is -3.36. The minimum absolute atomic E-state index is 0.100. The molecule has 2 aliphatic heterocycles. The van der Waals surface area contributed by atoms with E-state index in [2.05, 4.69) is 4.90 Å². The number of benzene rings is 1. The zero-order chi connectivity index (χ0) is 18.9. The van der Waals surface area contributed by atoms with Crippen LogP contribution in [0, 0.1) is 0 Å². The van der Waals surface area contributed by atoms with Gasteiger partial charge in [0.2, 0.25) is 21.8 Å². The van der Waals surface area contributed by atoms with E-state index in [1.807, 2.05) is 12.1 Å². The van der Waals surface area contributed by atoms with Crippen molar-refractivity contribution in [1.29, 1.82) is 0 Å². The molecular formula is C17H24N4O4S. The molecule has 0 unspecified atom stereocenters. The van der Waals surface area contributed by atoms with Crippen LogP contribution in [0.15, 0.2) is 24.3 Å². The highest BCUT2D eigenvalue weighted by atomic mass is 32.2. The van der Waals surface area contributed by atoms with E-state index in [1.54, 1.807) is 17.0 Å². The Morgan fingerprint density at radius 2 is 1.65 bits per heavy atom. The Balaban J connectivity index is 1.61. The average molecular weight is 380 g/mol. The molecule has 1 aromatic carbocycles. The van der Waals surface area contributed by atoms with Gasteiger partial charge >= 0.3 is 0 Å². The first-order chi connectivity index (χ1) is 12.3. The van der Waals surface area contributed by atoms with Crippen LogP contribution >= 0.6 is 0 Å². The third-order valence-electron chi connectivity index (χ3n) is 5.02. The minimum Gasteiger partial charge on any atom is -0.368 e. The Kier molecular flexibility index (Phi) is 5.19. The van der Waals surface area contributed by atoms with E-state index >= 15 is 0 Å². The Bertz CT molecular complexity index is 785. The van der Waals surface area contributed by atoms with Crippen molar-refractivity contribution >= 4 is 27.5 Å². The molecule has 0 aliphatic carbocycles. The summed E-state index contributed by atoms with van der Waals surface area (Å²) in [6, 6.07) is 6.52. The fraction of sp³-hybridized carbons (Fsp3) is 0.529. The summed E-state index contributed by atoms with van der Waals surface area (Å²) >= 11 is 0. The van der Waals surface area contributed by atoms with Crippen molar-refractivity contribution in [1.82, 2.24) is 9.21 Å². The summed E-state index contributed by atoms with van der Waals surface area (Å²) in [7, 11) is -3.36. The molecule has 2 amide bonds. The lowest BCUT2D eigenvalue weighted by Gasteiger charge is -2.38. The molecule has 0 spiro atoms. The number of nitrogens with two attached hydrogens (primary N) is 1. The molecule has 1 aromatic rings. The number of primary amides is 1. The van der Waals surface area contributed by atoms with Gasteiger partial charge in [0.05, 0.1) is 6.26 Å². The molecule has 9 heteroatoms. The lowest BCUT2D eigenvalue weighted by Crippen LogP contribution is -2.54. The largest absolute Gasteiger partial charge is 0.368 e. The van der Waals surface area contributed by atoms with E-state index in [1.165, 1.54) is 4.31 Å². The number of nitrogens with zero attached hydrogens (tertiary/aromatic N) is 3. The van der Waals surface area contributed by atoms with Gasteiger partial charge in [0, 0.05) is 44.0 Å². The number of hydrogen-bond acceptors (Lipinski definition) is 5. The van der Waals surface area contributed by atoms with Gasteiger partial charge < -0.3 is 15.5 Å². The van der Waals surface area contributed by atoms with Gasteiger partial charge in [-0.3, -0.25) is 9.59 Å². The Labute approximate surface area is 153 Å². The van der Waals surface area contributed by atoms with Crippen LogP contribution in [0.3, 0.4) is 0 Å². The highest BCUT2D eigenvalue weighted by Gasteiger charge is 2.39. The molecule has 2 aliphatic rings. The quantitative estimate of drug-likeness (QED) is 0.783. The lowest BCUT2D eigenvalue weighted by atomic mass is 10.1. The summed E-state index contributed by atoms with van der Waals surface area (Å²) in [6.45, 7) is 2.83. The normalized spacial score (nSPS) is 21.8. The zero-order valence-electron chi connectivity index (χ0n) is 14.8. The number of anilines is 1. The van der Waals surface area contributed by atoms with Crippen molar-refractivity contribution in [2.45, 2.75) is 18.9 Å². The van der Waals surface area contributed by atoms with Gasteiger partial charge in [0.15, 0.2) is 0 Å². The molecule has 2 heterocycles. The molecule has 142 valence electrons. The predicted octanol–water partition coefficient (Wildman–Crippen LogP) is -0.142. The molecule has 2 N–H and O–H groups in total. The van der Waals surface area contributed by atoms with Gasteiger partial charge in [-0.05, 0) is 37.1 Å². The highest BCUT2D eigenvalue weighted by Crippen LogP contribution is 2.24. The van der Waals surface area contributed by atoms with Crippen LogP contribution < -0.4 is 10.6 Å². The second-order valence-electron chi connectivity index (χ2n) is 6.76. The number of rotatable bonds is 4. The zero-order valence-corrected chi connectivity index (χ0v) is 15.6. The molecule has 3 rings (SSSR count). The van der Waals surface area contributed by atoms with E-state index in [4.69, 9.17) is 5.73 Å². The maximum Gasteiger partial charge on any atom is 0.248 e. The van der Waals surface area contributed by atoms with E-state index in [0.29, 0.717) is 44.7 Å². The van der Waals surface area contributed by atoms with Crippen molar-refractivity contribution in [2.24, 2.45) is 5.73 Å². The van der Waals surface area contributed by atoms with Crippen LogP contribution in [0.25, 0.3) is 0 Å². The number of sulfonamides is 1. The molecule has 2 fully saturated rings. The average Bonchev–Trinajstić information content (AvgIpc) is 3.11. The molecular weight excluding hydrogens is 356 g/mol. The summed E-state index contributed by atoms with van der Waals surface area (Å²) in [5, 5.41) is 0. The molecule has 0 saturated carbocycles. The smallest absolute Gasteiger partial charge is 0.248 e. The van der Waals surface area contributed by atoms with Gasteiger partial charge in [-0.15, -0.1) is 0 Å². The van der Waals surface area contributed by atoms with E-state index in [0.717, 1.165) is 18.4 Å². The molecule has 8 nitrogen and oxygen atoms in total. The first-order valence-electron chi connectivity index (χ1n) is 8.68. The van der Waals surface area contributed by atoms with Crippen LogP contribution in [0.1, 0.15) is 23.2 Å². The summed E-state index contributed by atoms with van der Waals surface area (Å²) in [5.74, 6) is -0.560. The van der Waals surface area contributed by atoms with Crippen LogP contribution in [0.5, 0.6) is 0 Å². The Hall–Kier alpha value is -2.13. The van der Waals surface area contributed by atoms with Gasteiger partial charge in [-0.1, -0.05) is 0 Å². The van der Waals surface area contributed by atoms with Crippen molar-refractivity contribution < 1.29 is 18.0 Å². The maximum absolute atomic E-state index is 12.8. The SMILES string of the molecule is CS(=O)(=O)N1CCC[C@H]1C(=O)N1CCN(c2ccc(C(N)=O)cc2)CC1. The van der Waals surface area contributed by atoms with E-state index in [9.17, 15) is 18.0 Å². The molecule has 0 radical (unpaired) electrons. The maximum atomic E-state index is 12.8. The Morgan fingerprint density at radius 1 is 1.04 bits per heavy atom. The van der Waals surface area contributed by atoms with E-state index in [-0.39, 0.29) is 5.91 Å². The van der Waals surface area contributed by atoms with Crippen LogP contribution in [0.4, 0.5) is 5.69 Å². The van der Waals surface area contributed by atoms with Gasteiger partial charge in [0.1, 0.15) is 6.04 Å². The molecule has 2 saturated heterocycles. The molecule has 1 atom stereocenters. The second-order valence-corrected chi connectivity index (χ2v) is 8.69. The number of piperazine rings is 1. The fourth-order valence-electron chi connectivity index (χ4n) is 3.62. The van der Waals surface area contributed by atoms with Crippen molar-refractivity contribution in [2.75, 3.05) is 43.9 Å². The van der Waals surface area contributed by atoms with Crippen molar-refractivity contribution in [3.05, 3.63) is 29.8 Å². The standard InChI is InChI=1S/C17H24N4O4S/c1-26(24,25)21-8-2-3-15(21)17(23)20-11-9-19(10-12-20)14-6-4-13(5-7-14)16(18)22/h4-7,15H,2-3,8-12H2,1H3,(H2,18,22)/t15-/m0/s1. The van der Waals surface area contributed by atoms with Crippen LogP contribution in [-0.4, -0.2) is 74.5 Å². The number of hydrogen-bond donors (Lipinski definition) is 1. The molecule has 0 aromatic heterocycles. The molecule has 0 bridgehead atoms. The first kappa shape index (κ1) is 18.7. The molecule has 26 heavy (non-hydrogen) atoms. The third kappa shape index (κ3) is 3.83. The fourth-order valence-corrected chi connectivity index (χ4v) is 4.73. The second kappa shape index (κ2) is 7.24. The first-order valence-corrected chi connectivity index (χ1v) is 10.5. The monoisotopic (exact) mass is 380 g/mol. The predicted molar refractivity (Wildman–Crippen MR) is 98.3 cm³/mol. The van der Waals surface area contributed by atoms with E-state index < -0.39 is 22.0 Å². The highest BCUT2D eigenvalue weighted by molar-refractivity contribution is 7.88. The summed E-state index contributed by atoms with van der Waals surface area (Å²) < 4.78 is 25.0. The number of amides is 2. The third-order valence-corrected chi connectivity index (χ3v) is 6.31. The number of carbonyl (C=O) groups excluding carboxylic acids is 2.